The number of likely N-dealkylation sites (N-methyl/N-ethyl adjacent to an activating group) is 1. The maximum absolute atomic E-state index is 14.1. The molecule has 0 radical (unpaired) electrons. The first-order valence-corrected chi connectivity index (χ1v) is 14.7. The molecule has 1 aromatic carbocycles. The summed E-state index contributed by atoms with van der Waals surface area (Å²) in [5.74, 6) is 0.451. The Balaban J connectivity index is 1.52. The van der Waals surface area contributed by atoms with Crippen molar-refractivity contribution in [3.63, 3.8) is 0 Å². The number of benzene rings is 1. The first-order chi connectivity index (χ1) is 20.5. The van der Waals surface area contributed by atoms with E-state index in [4.69, 9.17) is 21.3 Å². The molecular weight excluding hydrogens is 559 g/mol. The van der Waals surface area contributed by atoms with Crippen LogP contribution in [-0.4, -0.2) is 90.7 Å². The van der Waals surface area contributed by atoms with E-state index >= 15 is 0 Å². The summed E-state index contributed by atoms with van der Waals surface area (Å²) in [5, 5.41) is 0. The predicted molar refractivity (Wildman–Crippen MR) is 158 cm³/mol. The van der Waals surface area contributed by atoms with Gasteiger partial charge in [0.1, 0.15) is 18.0 Å². The lowest BCUT2D eigenvalue weighted by atomic mass is 10.00. The molecule has 1 amide bonds. The summed E-state index contributed by atoms with van der Waals surface area (Å²) in [6, 6.07) is 4.72. The zero-order chi connectivity index (χ0) is 30.9. The Bertz CT molecular complexity index is 1410. The number of halogens is 3. The van der Waals surface area contributed by atoms with Crippen LogP contribution in [0.15, 0.2) is 30.9 Å². The Morgan fingerprint density at radius 2 is 2.00 bits per heavy atom. The fourth-order valence-electron chi connectivity index (χ4n) is 6.68. The van der Waals surface area contributed by atoms with Crippen LogP contribution in [0.4, 0.5) is 24.7 Å². The quantitative estimate of drug-likeness (QED) is 0.347. The zero-order valence-electron chi connectivity index (χ0n) is 24.9. The number of carbonyl (C=O) groups excluding carboxylic acids is 1. The molecule has 12 heteroatoms. The van der Waals surface area contributed by atoms with Crippen LogP contribution in [0.1, 0.15) is 41.6 Å². The molecule has 0 spiro atoms. The molecule has 0 N–H and O–H groups in total. The molecular formula is C31H38F3N7O2. The highest BCUT2D eigenvalue weighted by Crippen LogP contribution is 2.41. The average molecular weight is 598 g/mol. The summed E-state index contributed by atoms with van der Waals surface area (Å²) in [7, 11) is 4.04. The standard InChI is InChI=1S/C31H38F3N7O2/c1-6-27(42)41-16-15-40(18-21(41)17-35-3)29-22-13-14-39(25-11-7-9-20(2)28(25)31(32,33)34)19-23(22)36-30(37-29)43-26-12-8-10-24(26)38(4)5/h6-7,9,11,21,24,26H,1,8,10,12-19H2,2,4-5H3/t21-,24?,26?/m0/s1. The fourth-order valence-corrected chi connectivity index (χ4v) is 6.68. The van der Waals surface area contributed by atoms with Crippen LogP contribution >= 0.6 is 0 Å². The Kier molecular flexibility index (Phi) is 8.83. The molecule has 43 heavy (non-hydrogen) atoms. The highest BCUT2D eigenvalue weighted by Gasteiger charge is 2.39. The molecule has 1 aliphatic carbocycles. The molecule has 230 valence electrons. The molecule has 2 fully saturated rings. The van der Waals surface area contributed by atoms with Crippen LogP contribution < -0.4 is 14.5 Å². The van der Waals surface area contributed by atoms with E-state index in [1.807, 2.05) is 14.1 Å². The van der Waals surface area contributed by atoms with Crippen molar-refractivity contribution in [2.24, 2.45) is 0 Å². The van der Waals surface area contributed by atoms with Gasteiger partial charge in [-0.1, -0.05) is 18.7 Å². The number of aryl methyl sites for hydroxylation is 1. The molecule has 1 saturated carbocycles. The maximum atomic E-state index is 14.1. The lowest BCUT2D eigenvalue weighted by Crippen LogP contribution is -2.56. The minimum atomic E-state index is -4.49. The number of aromatic nitrogens is 2. The highest BCUT2D eigenvalue weighted by atomic mass is 19.4. The van der Waals surface area contributed by atoms with Gasteiger partial charge in [-0.05, 0) is 64.4 Å². The van der Waals surface area contributed by atoms with Gasteiger partial charge in [-0.15, -0.1) is 0 Å². The Morgan fingerprint density at radius 1 is 1.21 bits per heavy atom. The van der Waals surface area contributed by atoms with E-state index in [0.29, 0.717) is 44.1 Å². The molecule has 3 aliphatic rings. The number of rotatable bonds is 7. The third kappa shape index (κ3) is 6.27. The molecule has 3 heterocycles. The van der Waals surface area contributed by atoms with Gasteiger partial charge in [0.15, 0.2) is 0 Å². The van der Waals surface area contributed by atoms with Crippen molar-refractivity contribution in [2.45, 2.75) is 63.5 Å². The second-order valence-corrected chi connectivity index (χ2v) is 11.7. The van der Waals surface area contributed by atoms with Gasteiger partial charge < -0.3 is 29.2 Å². The molecule has 2 aromatic rings. The Hall–Kier alpha value is -3.85. The summed E-state index contributed by atoms with van der Waals surface area (Å²) < 4.78 is 48.8. The SMILES string of the molecule is [C-]#[N+]C[C@H]1CN(c2nc(OC3CCCC3N(C)C)nc3c2CCN(c2cccc(C)c2C(F)(F)F)C3)CCN1C(=O)C=C. The first kappa shape index (κ1) is 30.6. The monoisotopic (exact) mass is 597 g/mol. The van der Waals surface area contributed by atoms with Crippen molar-refractivity contribution in [1.29, 1.82) is 0 Å². The lowest BCUT2D eigenvalue weighted by molar-refractivity contribution is -0.137. The van der Waals surface area contributed by atoms with Crippen molar-refractivity contribution < 1.29 is 22.7 Å². The van der Waals surface area contributed by atoms with Gasteiger partial charge in [0.05, 0.1) is 17.8 Å². The second kappa shape index (κ2) is 12.4. The third-order valence-electron chi connectivity index (χ3n) is 8.78. The largest absolute Gasteiger partial charge is 0.458 e. The van der Waals surface area contributed by atoms with Gasteiger partial charge in [-0.2, -0.15) is 23.1 Å². The van der Waals surface area contributed by atoms with Gasteiger partial charge in [0.2, 0.25) is 12.5 Å². The van der Waals surface area contributed by atoms with Gasteiger partial charge in [-0.25, -0.2) is 6.57 Å². The highest BCUT2D eigenvalue weighted by molar-refractivity contribution is 5.87. The van der Waals surface area contributed by atoms with Crippen molar-refractivity contribution in [3.05, 3.63) is 64.7 Å². The minimum absolute atomic E-state index is 0.105. The number of piperazine rings is 1. The normalized spacial score (nSPS) is 22.4. The summed E-state index contributed by atoms with van der Waals surface area (Å²) in [4.78, 5) is 33.4. The number of nitrogens with zero attached hydrogens (tertiary/aromatic N) is 7. The topological polar surface area (TPSA) is 69.4 Å². The molecule has 9 nitrogen and oxygen atoms in total. The zero-order valence-corrected chi connectivity index (χ0v) is 24.9. The smallest absolute Gasteiger partial charge is 0.418 e. The number of anilines is 2. The van der Waals surface area contributed by atoms with Gasteiger partial charge >= 0.3 is 12.2 Å². The third-order valence-corrected chi connectivity index (χ3v) is 8.78. The molecule has 3 atom stereocenters. The fraction of sp³-hybridized carbons (Fsp3) is 0.548. The molecule has 1 aromatic heterocycles. The number of amides is 1. The summed E-state index contributed by atoms with van der Waals surface area (Å²) in [6.45, 7) is 14.5. The first-order valence-electron chi connectivity index (χ1n) is 14.7. The molecule has 5 rings (SSSR count). The minimum Gasteiger partial charge on any atom is -0.458 e. The van der Waals surface area contributed by atoms with E-state index in [2.05, 4.69) is 21.2 Å². The number of hydrogen-bond donors (Lipinski definition) is 0. The van der Waals surface area contributed by atoms with Crippen LogP contribution in [0.5, 0.6) is 6.01 Å². The maximum Gasteiger partial charge on any atom is 0.418 e. The van der Waals surface area contributed by atoms with E-state index in [1.54, 1.807) is 15.9 Å². The number of fused-ring (bicyclic) bond motifs is 1. The van der Waals surface area contributed by atoms with Gasteiger partial charge in [0.25, 0.3) is 0 Å². The summed E-state index contributed by atoms with van der Waals surface area (Å²) in [5.41, 5.74) is 1.18. The van der Waals surface area contributed by atoms with Gasteiger partial charge in [0, 0.05) is 43.5 Å². The predicted octanol–water partition coefficient (Wildman–Crippen LogP) is 4.35. The Morgan fingerprint density at radius 3 is 2.70 bits per heavy atom. The van der Waals surface area contributed by atoms with Crippen LogP contribution in [-0.2, 0) is 23.9 Å². The molecule has 2 aliphatic heterocycles. The van der Waals surface area contributed by atoms with Crippen molar-refractivity contribution in [1.82, 2.24) is 19.8 Å². The summed E-state index contributed by atoms with van der Waals surface area (Å²) in [6.07, 6.45) is -0.0127. The second-order valence-electron chi connectivity index (χ2n) is 11.7. The van der Waals surface area contributed by atoms with Crippen LogP contribution in [0.3, 0.4) is 0 Å². The van der Waals surface area contributed by atoms with Crippen molar-refractivity contribution >= 4 is 17.4 Å². The van der Waals surface area contributed by atoms with E-state index in [-0.39, 0.29) is 54.4 Å². The van der Waals surface area contributed by atoms with Crippen LogP contribution in [0.2, 0.25) is 0 Å². The van der Waals surface area contributed by atoms with E-state index < -0.39 is 11.7 Å². The number of alkyl halides is 3. The van der Waals surface area contributed by atoms with E-state index in [0.717, 1.165) is 24.8 Å². The van der Waals surface area contributed by atoms with Gasteiger partial charge in [-0.3, -0.25) is 4.79 Å². The number of hydrogen-bond acceptors (Lipinski definition) is 7. The summed E-state index contributed by atoms with van der Waals surface area (Å²) >= 11 is 0. The molecule has 2 unspecified atom stereocenters. The molecule has 0 bridgehead atoms. The Labute approximate surface area is 250 Å². The average Bonchev–Trinajstić information content (AvgIpc) is 3.44. The van der Waals surface area contributed by atoms with E-state index in [9.17, 15) is 18.0 Å². The van der Waals surface area contributed by atoms with Crippen LogP contribution in [0, 0.1) is 13.5 Å². The number of ether oxygens (including phenoxy) is 1. The van der Waals surface area contributed by atoms with Crippen LogP contribution in [0.25, 0.3) is 4.85 Å². The van der Waals surface area contributed by atoms with E-state index in [1.165, 1.54) is 25.1 Å². The lowest BCUT2D eigenvalue weighted by Gasteiger charge is -2.41. The molecule has 1 saturated heterocycles. The van der Waals surface area contributed by atoms with Crippen molar-refractivity contribution in [2.75, 3.05) is 56.6 Å². The number of carbonyl (C=O) groups is 1. The van der Waals surface area contributed by atoms with Crippen molar-refractivity contribution in [3.8, 4) is 6.01 Å².